The Morgan fingerprint density at radius 1 is 1.16 bits per heavy atom. The largest absolute Gasteiger partial charge is 0.316 e. The third-order valence-electron chi connectivity index (χ3n) is 4.00. The van der Waals surface area contributed by atoms with Crippen LogP contribution in [0.2, 0.25) is 0 Å². The van der Waals surface area contributed by atoms with Crippen molar-refractivity contribution in [2.24, 2.45) is 4.40 Å². The summed E-state index contributed by atoms with van der Waals surface area (Å²) in [4.78, 5) is 0.402. The first-order valence-corrected chi connectivity index (χ1v) is 10.3. The molecule has 3 aromatic rings. The lowest BCUT2D eigenvalue weighted by molar-refractivity contribution is 0.594. The minimum atomic E-state index is -3.89. The summed E-state index contributed by atoms with van der Waals surface area (Å²) in [6, 6.07) is 10.9. The van der Waals surface area contributed by atoms with E-state index in [1.165, 1.54) is 29.0 Å². The van der Waals surface area contributed by atoms with E-state index >= 15 is 0 Å². The summed E-state index contributed by atoms with van der Waals surface area (Å²) >= 11 is 1.35. The van der Waals surface area contributed by atoms with E-state index in [4.69, 9.17) is 0 Å². The van der Waals surface area contributed by atoms with Crippen LogP contribution in [0.25, 0.3) is 10.2 Å². The van der Waals surface area contributed by atoms with Gasteiger partial charge in [-0.1, -0.05) is 31.3 Å². The lowest BCUT2D eigenvalue weighted by atomic mass is 10.0. The maximum atomic E-state index is 13.0. The standard InChI is InChI=1S/C18H19FN2O2S2/c1-4-21-16-10-5-13(12(2)3)11-17(16)24-18(21)20-25(22,23)15-8-6-14(19)7-9-15/h5-12H,4H2,1-3H3. The Morgan fingerprint density at radius 2 is 1.84 bits per heavy atom. The molecule has 0 atom stereocenters. The maximum absolute atomic E-state index is 13.0. The van der Waals surface area contributed by atoms with Crippen LogP contribution in [-0.2, 0) is 16.6 Å². The molecule has 0 N–H and O–H groups in total. The third kappa shape index (κ3) is 3.52. The summed E-state index contributed by atoms with van der Waals surface area (Å²) in [5.41, 5.74) is 2.16. The molecule has 0 fully saturated rings. The molecular formula is C18H19FN2O2S2. The number of nitrogens with zero attached hydrogens (tertiary/aromatic N) is 2. The van der Waals surface area contributed by atoms with Gasteiger partial charge in [-0.3, -0.25) is 0 Å². The third-order valence-corrected chi connectivity index (χ3v) is 6.44. The van der Waals surface area contributed by atoms with Gasteiger partial charge in [0.2, 0.25) is 4.80 Å². The highest BCUT2D eigenvalue weighted by molar-refractivity contribution is 7.90. The SMILES string of the molecule is CCn1c(=NS(=O)(=O)c2ccc(F)cc2)sc2cc(C(C)C)ccc21. The van der Waals surface area contributed by atoms with Gasteiger partial charge < -0.3 is 4.57 Å². The van der Waals surface area contributed by atoms with Crippen LogP contribution in [-0.4, -0.2) is 13.0 Å². The van der Waals surface area contributed by atoms with E-state index in [0.717, 1.165) is 22.3 Å². The van der Waals surface area contributed by atoms with Gasteiger partial charge in [0.15, 0.2) is 0 Å². The molecule has 0 bridgehead atoms. The van der Waals surface area contributed by atoms with Crippen molar-refractivity contribution in [2.75, 3.05) is 0 Å². The summed E-state index contributed by atoms with van der Waals surface area (Å²) in [6.45, 7) is 6.80. The van der Waals surface area contributed by atoms with Gasteiger partial charge in [-0.15, -0.1) is 4.40 Å². The molecule has 0 aliphatic heterocycles. The summed E-state index contributed by atoms with van der Waals surface area (Å²) in [6.07, 6.45) is 0. The van der Waals surface area contributed by atoms with Crippen LogP contribution < -0.4 is 4.80 Å². The number of thiazole rings is 1. The van der Waals surface area contributed by atoms with E-state index < -0.39 is 15.8 Å². The molecule has 1 aromatic heterocycles. The van der Waals surface area contributed by atoms with E-state index in [1.54, 1.807) is 0 Å². The molecule has 25 heavy (non-hydrogen) atoms. The Morgan fingerprint density at radius 3 is 2.44 bits per heavy atom. The topological polar surface area (TPSA) is 51.4 Å². The highest BCUT2D eigenvalue weighted by Crippen LogP contribution is 2.24. The average Bonchev–Trinajstić information content (AvgIpc) is 2.90. The number of hydrogen-bond acceptors (Lipinski definition) is 3. The van der Waals surface area contributed by atoms with Crippen LogP contribution in [0, 0.1) is 5.82 Å². The molecule has 4 nitrogen and oxygen atoms in total. The first kappa shape index (κ1) is 17.8. The maximum Gasteiger partial charge on any atom is 0.285 e. The smallest absolute Gasteiger partial charge is 0.285 e. The van der Waals surface area contributed by atoms with E-state index in [-0.39, 0.29) is 4.90 Å². The number of hydrogen-bond donors (Lipinski definition) is 0. The number of rotatable bonds is 4. The predicted octanol–water partition coefficient (Wildman–Crippen LogP) is 4.27. The number of aryl methyl sites for hydroxylation is 1. The molecule has 0 saturated heterocycles. The Hall–Kier alpha value is -1.99. The van der Waals surface area contributed by atoms with Crippen LogP contribution >= 0.6 is 11.3 Å². The first-order valence-electron chi connectivity index (χ1n) is 8.01. The first-order chi connectivity index (χ1) is 11.8. The Kier molecular flexibility index (Phi) is 4.79. The van der Waals surface area contributed by atoms with Crippen molar-refractivity contribution in [1.82, 2.24) is 4.57 Å². The van der Waals surface area contributed by atoms with Gasteiger partial charge in [-0.05, 0) is 54.8 Å². The fourth-order valence-corrected chi connectivity index (χ4v) is 4.93. The average molecular weight is 378 g/mol. The molecule has 0 aliphatic rings. The minimum absolute atomic E-state index is 0.0168. The van der Waals surface area contributed by atoms with Crippen molar-refractivity contribution in [3.8, 4) is 0 Å². The normalized spacial score (nSPS) is 13.1. The van der Waals surface area contributed by atoms with Gasteiger partial charge in [0.05, 0.1) is 15.1 Å². The Labute approximate surface area is 150 Å². The summed E-state index contributed by atoms with van der Waals surface area (Å²) < 4.78 is 45.0. The molecule has 0 aliphatic carbocycles. The zero-order chi connectivity index (χ0) is 18.2. The molecular weight excluding hydrogens is 359 g/mol. The van der Waals surface area contributed by atoms with Gasteiger partial charge in [-0.2, -0.15) is 8.42 Å². The summed E-state index contributed by atoms with van der Waals surface area (Å²) in [5.74, 6) is -0.0874. The van der Waals surface area contributed by atoms with E-state index in [0.29, 0.717) is 17.3 Å². The molecule has 3 rings (SSSR count). The number of benzene rings is 2. The second-order valence-corrected chi connectivity index (χ2v) is 8.64. The molecule has 132 valence electrons. The number of sulfonamides is 1. The number of aromatic nitrogens is 1. The highest BCUT2D eigenvalue weighted by atomic mass is 32.2. The van der Waals surface area contributed by atoms with Crippen molar-refractivity contribution in [3.05, 3.63) is 58.6 Å². The zero-order valence-electron chi connectivity index (χ0n) is 14.2. The van der Waals surface area contributed by atoms with Gasteiger partial charge >= 0.3 is 0 Å². The Bertz CT molecular complexity index is 1080. The van der Waals surface area contributed by atoms with Gasteiger partial charge in [0.1, 0.15) is 5.82 Å². The van der Waals surface area contributed by atoms with Crippen molar-refractivity contribution in [3.63, 3.8) is 0 Å². The van der Waals surface area contributed by atoms with Crippen LogP contribution in [0.15, 0.2) is 51.8 Å². The lowest BCUT2D eigenvalue weighted by Gasteiger charge is -2.05. The fourth-order valence-electron chi connectivity index (χ4n) is 2.59. The summed E-state index contributed by atoms with van der Waals surface area (Å²) in [5, 5.41) is 0. The molecule has 0 amide bonds. The molecule has 2 aromatic carbocycles. The van der Waals surface area contributed by atoms with E-state index in [1.807, 2.05) is 17.6 Å². The minimum Gasteiger partial charge on any atom is -0.316 e. The van der Waals surface area contributed by atoms with Crippen molar-refractivity contribution in [2.45, 2.75) is 38.1 Å². The monoisotopic (exact) mass is 378 g/mol. The van der Waals surface area contributed by atoms with Crippen LogP contribution in [0.4, 0.5) is 4.39 Å². The van der Waals surface area contributed by atoms with Gasteiger partial charge in [-0.25, -0.2) is 4.39 Å². The van der Waals surface area contributed by atoms with Crippen LogP contribution in [0.5, 0.6) is 0 Å². The van der Waals surface area contributed by atoms with E-state index in [2.05, 4.69) is 30.4 Å². The second-order valence-electron chi connectivity index (χ2n) is 6.03. The Balaban J connectivity index is 2.19. The molecule has 0 saturated carbocycles. The van der Waals surface area contributed by atoms with Crippen molar-refractivity contribution < 1.29 is 12.8 Å². The fraction of sp³-hybridized carbons (Fsp3) is 0.278. The number of halogens is 1. The summed E-state index contributed by atoms with van der Waals surface area (Å²) in [7, 11) is -3.89. The van der Waals surface area contributed by atoms with Crippen molar-refractivity contribution >= 4 is 31.6 Å². The molecule has 0 spiro atoms. The van der Waals surface area contributed by atoms with Crippen LogP contribution in [0.1, 0.15) is 32.3 Å². The number of fused-ring (bicyclic) bond motifs is 1. The molecule has 1 heterocycles. The van der Waals surface area contributed by atoms with E-state index in [9.17, 15) is 12.8 Å². The predicted molar refractivity (Wildman–Crippen MR) is 98.7 cm³/mol. The van der Waals surface area contributed by atoms with Crippen molar-refractivity contribution in [1.29, 1.82) is 0 Å². The lowest BCUT2D eigenvalue weighted by Crippen LogP contribution is -2.16. The molecule has 7 heteroatoms. The highest BCUT2D eigenvalue weighted by Gasteiger charge is 2.15. The molecule has 0 radical (unpaired) electrons. The zero-order valence-corrected chi connectivity index (χ0v) is 15.9. The van der Waals surface area contributed by atoms with Gasteiger partial charge in [0.25, 0.3) is 10.0 Å². The second kappa shape index (κ2) is 6.72. The molecule has 0 unspecified atom stereocenters. The van der Waals surface area contributed by atoms with Crippen LogP contribution in [0.3, 0.4) is 0 Å². The quantitative estimate of drug-likeness (QED) is 0.681. The van der Waals surface area contributed by atoms with Gasteiger partial charge in [0, 0.05) is 6.54 Å².